The molecule has 1 heterocycles. The number of hydrogen-bond acceptors (Lipinski definition) is 2. The number of halogens is 2. The van der Waals surface area contributed by atoms with E-state index in [1.165, 1.54) is 0 Å². The van der Waals surface area contributed by atoms with E-state index in [0.29, 0.717) is 15.8 Å². The molecule has 4 aromatic rings. The Kier molecular flexibility index (Phi) is 4.05. The van der Waals surface area contributed by atoms with Gasteiger partial charge in [-0.3, -0.25) is 4.79 Å². The van der Waals surface area contributed by atoms with Crippen LogP contribution in [-0.2, 0) is 10.4 Å². The van der Waals surface area contributed by atoms with Gasteiger partial charge in [-0.1, -0.05) is 89.9 Å². The highest BCUT2D eigenvalue weighted by molar-refractivity contribution is 6.35. The molecule has 0 fully saturated rings. The normalized spacial score (nSPS) is 21.2. The van der Waals surface area contributed by atoms with E-state index in [1.54, 1.807) is 12.1 Å². The second-order valence-corrected chi connectivity index (χ2v) is 8.76. The summed E-state index contributed by atoms with van der Waals surface area (Å²) in [7, 11) is 0. The van der Waals surface area contributed by atoms with Crippen LogP contribution in [-0.4, -0.2) is 5.78 Å². The maximum atomic E-state index is 13.7. The van der Waals surface area contributed by atoms with Crippen LogP contribution in [0.2, 0.25) is 10.0 Å². The smallest absolute Gasteiger partial charge is 0.207 e. The van der Waals surface area contributed by atoms with Crippen LogP contribution in [0.25, 0.3) is 16.8 Å². The quantitative estimate of drug-likeness (QED) is 0.312. The summed E-state index contributed by atoms with van der Waals surface area (Å²) in [6.45, 7) is 0. The molecule has 2 atom stereocenters. The number of ketones is 1. The van der Waals surface area contributed by atoms with Crippen molar-refractivity contribution in [1.29, 1.82) is 0 Å². The van der Waals surface area contributed by atoms with Gasteiger partial charge in [0.05, 0.1) is 5.92 Å². The summed E-state index contributed by atoms with van der Waals surface area (Å²) in [6.07, 6.45) is 3.47. The van der Waals surface area contributed by atoms with Gasteiger partial charge in [-0.25, -0.2) is 0 Å². The van der Waals surface area contributed by atoms with Crippen LogP contribution in [0.4, 0.5) is 0 Å². The maximum absolute atomic E-state index is 13.7. The van der Waals surface area contributed by atoms with E-state index in [2.05, 4.69) is 12.1 Å². The van der Waals surface area contributed by atoms with Crippen molar-refractivity contribution in [1.82, 2.24) is 0 Å². The summed E-state index contributed by atoms with van der Waals surface area (Å²) in [5.41, 5.74) is 2.38. The molecule has 2 aliphatic rings. The number of fused-ring (bicyclic) bond motifs is 5. The molecule has 150 valence electrons. The lowest BCUT2D eigenvalue weighted by molar-refractivity contribution is -0.130. The van der Waals surface area contributed by atoms with E-state index in [-0.39, 0.29) is 5.78 Å². The molecule has 6 rings (SSSR count). The first kappa shape index (κ1) is 18.7. The minimum absolute atomic E-state index is 0.0949. The van der Waals surface area contributed by atoms with E-state index >= 15 is 0 Å². The van der Waals surface area contributed by atoms with Gasteiger partial charge in [0.2, 0.25) is 11.4 Å². The minimum Gasteiger partial charge on any atom is -0.473 e. The van der Waals surface area contributed by atoms with Gasteiger partial charge in [-0.2, -0.15) is 0 Å². The molecule has 0 N–H and O–H groups in total. The zero-order chi connectivity index (χ0) is 21.2. The molecule has 0 bridgehead atoms. The van der Waals surface area contributed by atoms with Crippen LogP contribution < -0.4 is 4.74 Å². The van der Waals surface area contributed by atoms with Crippen LogP contribution >= 0.6 is 23.2 Å². The lowest BCUT2D eigenvalue weighted by Crippen LogP contribution is -2.45. The predicted molar refractivity (Wildman–Crippen MR) is 125 cm³/mol. The SMILES string of the molecule is O=C1C=Cc2ccccc2[C@@]12Oc1ccc3ccccc3c1[C@H]2c1ccc(Cl)cc1Cl. The van der Waals surface area contributed by atoms with Crippen molar-refractivity contribution in [3.05, 3.63) is 117 Å². The second kappa shape index (κ2) is 6.71. The van der Waals surface area contributed by atoms with Crippen molar-refractivity contribution < 1.29 is 9.53 Å². The number of ether oxygens (including phenoxy) is 1. The van der Waals surface area contributed by atoms with Crippen LogP contribution in [0, 0.1) is 0 Å². The van der Waals surface area contributed by atoms with Gasteiger partial charge in [0.1, 0.15) is 5.75 Å². The van der Waals surface area contributed by atoms with Crippen molar-refractivity contribution in [3.8, 4) is 5.75 Å². The van der Waals surface area contributed by atoms with E-state index in [9.17, 15) is 4.79 Å². The fourth-order valence-corrected chi connectivity index (χ4v) is 5.53. The van der Waals surface area contributed by atoms with Gasteiger partial charge >= 0.3 is 0 Å². The van der Waals surface area contributed by atoms with Gasteiger partial charge in [0.25, 0.3) is 0 Å². The number of carbonyl (C=O) groups is 1. The molecule has 0 saturated carbocycles. The highest BCUT2D eigenvalue weighted by Crippen LogP contribution is 2.58. The van der Waals surface area contributed by atoms with Gasteiger partial charge in [-0.05, 0) is 46.2 Å². The zero-order valence-corrected chi connectivity index (χ0v) is 17.8. The first-order valence-electron chi connectivity index (χ1n) is 10.1. The summed E-state index contributed by atoms with van der Waals surface area (Å²) >= 11 is 12.9. The summed E-state index contributed by atoms with van der Waals surface area (Å²) in [5, 5.41) is 3.20. The molecule has 4 heteroatoms. The molecule has 31 heavy (non-hydrogen) atoms. The summed E-state index contributed by atoms with van der Waals surface area (Å²) in [5.74, 6) is 0.188. The summed E-state index contributed by atoms with van der Waals surface area (Å²) in [6, 6.07) is 25.5. The monoisotopic (exact) mass is 442 g/mol. The number of carbonyl (C=O) groups excluding carboxylic acids is 1. The Morgan fingerprint density at radius 3 is 2.52 bits per heavy atom. The van der Waals surface area contributed by atoms with Crippen molar-refractivity contribution in [3.63, 3.8) is 0 Å². The summed E-state index contributed by atoms with van der Waals surface area (Å²) < 4.78 is 6.64. The van der Waals surface area contributed by atoms with Gasteiger partial charge < -0.3 is 4.74 Å². The Bertz CT molecular complexity index is 1420. The van der Waals surface area contributed by atoms with Crippen LogP contribution in [0.5, 0.6) is 5.75 Å². The van der Waals surface area contributed by atoms with E-state index in [0.717, 1.165) is 33.0 Å². The molecular formula is C27H16Cl2O2. The van der Waals surface area contributed by atoms with E-state index in [4.69, 9.17) is 27.9 Å². The van der Waals surface area contributed by atoms with Crippen molar-refractivity contribution >= 4 is 45.8 Å². The predicted octanol–water partition coefficient (Wildman–Crippen LogP) is 7.16. The molecule has 0 saturated heterocycles. The largest absolute Gasteiger partial charge is 0.473 e. The molecular weight excluding hydrogens is 427 g/mol. The average Bonchev–Trinajstić information content (AvgIpc) is 3.13. The Morgan fingerprint density at radius 1 is 0.839 bits per heavy atom. The van der Waals surface area contributed by atoms with Gasteiger partial charge in [0, 0.05) is 21.2 Å². The number of hydrogen-bond donors (Lipinski definition) is 0. The average molecular weight is 443 g/mol. The molecule has 0 aromatic heterocycles. The highest BCUT2D eigenvalue weighted by Gasteiger charge is 2.57. The van der Waals surface area contributed by atoms with Crippen molar-refractivity contribution in [2.45, 2.75) is 11.5 Å². The standard InChI is InChI=1S/C27H16Cl2O2/c28-18-11-12-20(22(29)15-18)26-25-19-7-3-1-5-16(19)9-13-23(25)31-27(26)21-8-4-2-6-17(21)10-14-24(27)30/h1-15,26H/t26-,27-/m1/s1. The lowest BCUT2D eigenvalue weighted by Gasteiger charge is -2.36. The molecule has 1 aliphatic carbocycles. The summed E-state index contributed by atoms with van der Waals surface area (Å²) in [4.78, 5) is 13.7. The molecule has 0 unspecified atom stereocenters. The minimum atomic E-state index is -1.23. The van der Waals surface area contributed by atoms with Gasteiger partial charge in [-0.15, -0.1) is 0 Å². The van der Waals surface area contributed by atoms with Crippen LogP contribution in [0.3, 0.4) is 0 Å². The van der Waals surface area contributed by atoms with Crippen LogP contribution in [0.1, 0.15) is 28.2 Å². The zero-order valence-electron chi connectivity index (χ0n) is 16.3. The highest BCUT2D eigenvalue weighted by atomic mass is 35.5. The molecule has 4 aromatic carbocycles. The topological polar surface area (TPSA) is 26.3 Å². The van der Waals surface area contributed by atoms with E-state index in [1.807, 2.05) is 66.7 Å². The van der Waals surface area contributed by atoms with Crippen molar-refractivity contribution in [2.24, 2.45) is 0 Å². The Balaban J connectivity index is 1.74. The van der Waals surface area contributed by atoms with Crippen LogP contribution in [0.15, 0.2) is 84.9 Å². The number of rotatable bonds is 1. The fraction of sp³-hybridized carbons (Fsp3) is 0.0741. The van der Waals surface area contributed by atoms with Gasteiger partial charge in [0.15, 0.2) is 0 Å². The Morgan fingerprint density at radius 2 is 1.65 bits per heavy atom. The fourth-order valence-electron chi connectivity index (χ4n) is 5.01. The third-order valence-corrected chi connectivity index (χ3v) is 6.87. The Hall–Kier alpha value is -3.07. The first-order valence-corrected chi connectivity index (χ1v) is 10.8. The molecule has 2 nitrogen and oxygen atoms in total. The van der Waals surface area contributed by atoms with E-state index < -0.39 is 11.5 Å². The number of benzene rings is 4. The molecule has 0 amide bonds. The Labute approximate surface area is 189 Å². The maximum Gasteiger partial charge on any atom is 0.207 e. The molecule has 0 radical (unpaired) electrons. The molecule has 1 aliphatic heterocycles. The lowest BCUT2D eigenvalue weighted by atomic mass is 9.69. The third kappa shape index (κ3) is 2.56. The second-order valence-electron chi connectivity index (χ2n) is 7.92. The first-order chi connectivity index (χ1) is 15.1. The third-order valence-electron chi connectivity index (χ3n) is 6.31. The van der Waals surface area contributed by atoms with Crippen molar-refractivity contribution in [2.75, 3.05) is 0 Å². The molecule has 1 spiro atoms.